The maximum Gasteiger partial charge on any atom is 0.215 e. The Balaban J connectivity index is 1.66. The van der Waals surface area contributed by atoms with Gasteiger partial charge in [0.05, 0.1) is 5.75 Å². The Morgan fingerprint density at radius 1 is 0.931 bits per heavy atom. The third kappa shape index (κ3) is 3.55. The lowest BCUT2D eigenvalue weighted by molar-refractivity contribution is -0.128. The Morgan fingerprint density at radius 3 is 1.86 bits per heavy atom. The standard InChI is InChI=1S/C24H29NO3S/c1-23(2)21-13-14-24(23,22(26)15-21)18-29(27,28)25(16-19-9-5-3-6-10-19)17-20-11-7-4-8-12-20/h3-12,21H,13-18H2,1-2H3/t21?,24-/m0/s1. The second-order valence-electron chi connectivity index (χ2n) is 9.16. The highest BCUT2D eigenvalue weighted by Crippen LogP contribution is 2.64. The number of hydrogen-bond donors (Lipinski definition) is 0. The number of sulfonamides is 1. The Bertz CT molecular complexity index is 944. The van der Waals surface area contributed by atoms with E-state index < -0.39 is 15.4 Å². The number of hydrogen-bond acceptors (Lipinski definition) is 3. The average molecular weight is 412 g/mol. The molecule has 2 aromatic rings. The molecule has 2 aliphatic carbocycles. The minimum Gasteiger partial charge on any atom is -0.299 e. The van der Waals surface area contributed by atoms with Crippen molar-refractivity contribution in [2.45, 2.75) is 46.2 Å². The maximum atomic E-state index is 13.7. The first-order valence-corrected chi connectivity index (χ1v) is 11.9. The summed E-state index contributed by atoms with van der Waals surface area (Å²) in [4.78, 5) is 12.9. The van der Waals surface area contributed by atoms with Gasteiger partial charge in [-0.3, -0.25) is 4.79 Å². The molecular weight excluding hydrogens is 382 g/mol. The first-order chi connectivity index (χ1) is 13.7. The minimum atomic E-state index is -3.64. The van der Waals surface area contributed by atoms with Gasteiger partial charge < -0.3 is 0 Å². The van der Waals surface area contributed by atoms with E-state index in [2.05, 4.69) is 13.8 Å². The van der Waals surface area contributed by atoms with Crippen LogP contribution in [0.5, 0.6) is 0 Å². The fraction of sp³-hybridized carbons (Fsp3) is 0.458. The third-order valence-electron chi connectivity index (χ3n) is 7.36. The average Bonchev–Trinajstić information content (AvgIpc) is 3.03. The molecule has 0 saturated heterocycles. The molecule has 0 radical (unpaired) electrons. The SMILES string of the molecule is CC1(C)C2CC[C@]1(CS(=O)(=O)N(Cc1ccccc1)Cc1ccccc1)C(=O)C2. The van der Waals surface area contributed by atoms with Crippen molar-refractivity contribution >= 4 is 15.8 Å². The Morgan fingerprint density at radius 2 is 1.45 bits per heavy atom. The number of Topliss-reactive ketones (excluding diaryl/α,β-unsaturated/α-hetero) is 1. The first-order valence-electron chi connectivity index (χ1n) is 10.3. The molecule has 0 aromatic heterocycles. The van der Waals surface area contributed by atoms with Gasteiger partial charge in [-0.15, -0.1) is 0 Å². The van der Waals surface area contributed by atoms with Gasteiger partial charge in [0.1, 0.15) is 5.78 Å². The molecule has 29 heavy (non-hydrogen) atoms. The van der Waals surface area contributed by atoms with Crippen molar-refractivity contribution in [3.8, 4) is 0 Å². The van der Waals surface area contributed by atoms with E-state index in [1.807, 2.05) is 60.7 Å². The second-order valence-corrected chi connectivity index (χ2v) is 11.1. The number of nitrogens with zero attached hydrogens (tertiary/aromatic N) is 1. The van der Waals surface area contributed by atoms with Crippen LogP contribution in [-0.4, -0.2) is 24.3 Å². The summed E-state index contributed by atoms with van der Waals surface area (Å²) in [6.07, 6.45) is 2.17. The number of fused-ring (bicyclic) bond motifs is 2. The smallest absolute Gasteiger partial charge is 0.215 e. The molecule has 0 heterocycles. The predicted molar refractivity (Wildman–Crippen MR) is 114 cm³/mol. The largest absolute Gasteiger partial charge is 0.299 e. The summed E-state index contributed by atoms with van der Waals surface area (Å²) in [5.41, 5.74) is 0.890. The van der Waals surface area contributed by atoms with E-state index in [1.54, 1.807) is 4.31 Å². The molecule has 154 valence electrons. The van der Waals surface area contributed by atoms with E-state index in [9.17, 15) is 13.2 Å². The quantitative estimate of drug-likeness (QED) is 0.678. The van der Waals surface area contributed by atoms with Crippen molar-refractivity contribution in [3.63, 3.8) is 0 Å². The molecule has 0 aliphatic heterocycles. The van der Waals surface area contributed by atoms with Crippen molar-refractivity contribution in [2.75, 3.05) is 5.75 Å². The lowest BCUT2D eigenvalue weighted by Crippen LogP contribution is -2.46. The molecule has 4 nitrogen and oxygen atoms in total. The van der Waals surface area contributed by atoms with Crippen molar-refractivity contribution in [2.24, 2.45) is 16.7 Å². The van der Waals surface area contributed by atoms with Crippen LogP contribution < -0.4 is 0 Å². The van der Waals surface area contributed by atoms with Crippen molar-refractivity contribution in [3.05, 3.63) is 71.8 Å². The Labute approximate surface area is 174 Å². The van der Waals surface area contributed by atoms with Crippen LogP contribution in [0.25, 0.3) is 0 Å². The predicted octanol–water partition coefficient (Wildman–Crippen LogP) is 4.41. The van der Waals surface area contributed by atoms with Gasteiger partial charge in [-0.1, -0.05) is 74.5 Å². The molecule has 0 N–H and O–H groups in total. The minimum absolute atomic E-state index is 0.0813. The van der Waals surface area contributed by atoms with Crippen LogP contribution in [0.15, 0.2) is 60.7 Å². The van der Waals surface area contributed by atoms with Gasteiger partial charge in [-0.2, -0.15) is 4.31 Å². The molecule has 2 saturated carbocycles. The van der Waals surface area contributed by atoms with Crippen LogP contribution in [-0.2, 0) is 27.9 Å². The molecule has 5 heteroatoms. The summed E-state index contributed by atoms with van der Waals surface area (Å²) in [5.74, 6) is 0.366. The van der Waals surface area contributed by atoms with Crippen LogP contribution in [0.3, 0.4) is 0 Å². The van der Waals surface area contributed by atoms with Gasteiger partial charge in [0.2, 0.25) is 10.0 Å². The van der Waals surface area contributed by atoms with Gasteiger partial charge in [0, 0.05) is 24.9 Å². The lowest BCUT2D eigenvalue weighted by atomic mass is 9.70. The summed E-state index contributed by atoms with van der Waals surface area (Å²) in [7, 11) is -3.64. The van der Waals surface area contributed by atoms with Crippen LogP contribution in [0.4, 0.5) is 0 Å². The summed E-state index contributed by atoms with van der Waals surface area (Å²) >= 11 is 0. The third-order valence-corrected chi connectivity index (χ3v) is 9.27. The monoisotopic (exact) mass is 411 g/mol. The van der Waals surface area contributed by atoms with Crippen LogP contribution >= 0.6 is 0 Å². The van der Waals surface area contributed by atoms with Crippen molar-refractivity contribution in [1.82, 2.24) is 4.31 Å². The number of ketones is 1. The summed E-state index contributed by atoms with van der Waals surface area (Å²) in [6, 6.07) is 19.3. The molecular formula is C24H29NO3S. The van der Waals surface area contributed by atoms with Gasteiger partial charge in [-0.05, 0) is 35.3 Å². The van der Waals surface area contributed by atoms with E-state index >= 15 is 0 Å². The number of carbonyl (C=O) groups is 1. The highest BCUT2D eigenvalue weighted by Gasteiger charge is 2.65. The molecule has 0 spiro atoms. The van der Waals surface area contributed by atoms with Gasteiger partial charge in [0.15, 0.2) is 0 Å². The van der Waals surface area contributed by atoms with E-state index in [-0.39, 0.29) is 17.0 Å². The van der Waals surface area contributed by atoms with Gasteiger partial charge >= 0.3 is 0 Å². The fourth-order valence-corrected chi connectivity index (χ4v) is 7.51. The molecule has 2 atom stereocenters. The first kappa shape index (κ1) is 20.3. The normalized spacial score (nSPS) is 25.6. The second kappa shape index (κ2) is 7.37. The molecule has 0 amide bonds. The zero-order valence-electron chi connectivity index (χ0n) is 17.2. The number of carbonyl (C=O) groups excluding carboxylic acids is 1. The van der Waals surface area contributed by atoms with E-state index in [1.165, 1.54) is 0 Å². The molecule has 2 aromatic carbocycles. The highest BCUT2D eigenvalue weighted by atomic mass is 32.2. The van der Waals surface area contributed by atoms with Gasteiger partial charge in [-0.25, -0.2) is 8.42 Å². The molecule has 1 unspecified atom stereocenters. The topological polar surface area (TPSA) is 54.5 Å². The number of rotatable bonds is 7. The highest BCUT2D eigenvalue weighted by molar-refractivity contribution is 7.89. The Hall–Kier alpha value is -1.98. The molecule has 4 rings (SSSR count). The molecule has 2 bridgehead atoms. The van der Waals surface area contributed by atoms with E-state index in [4.69, 9.17) is 0 Å². The van der Waals surface area contributed by atoms with Crippen LogP contribution in [0.1, 0.15) is 44.2 Å². The van der Waals surface area contributed by atoms with Crippen molar-refractivity contribution in [1.29, 1.82) is 0 Å². The van der Waals surface area contributed by atoms with E-state index in [0.29, 0.717) is 31.8 Å². The molecule has 2 aliphatic rings. The summed E-state index contributed by atoms with van der Waals surface area (Å²) < 4.78 is 28.9. The van der Waals surface area contributed by atoms with Gasteiger partial charge in [0.25, 0.3) is 0 Å². The maximum absolute atomic E-state index is 13.7. The summed E-state index contributed by atoms with van der Waals surface area (Å²) in [5, 5.41) is 0. The summed E-state index contributed by atoms with van der Waals surface area (Å²) in [6.45, 7) is 4.80. The zero-order valence-corrected chi connectivity index (χ0v) is 18.0. The van der Waals surface area contributed by atoms with Crippen LogP contribution in [0, 0.1) is 16.7 Å². The zero-order chi connectivity index (χ0) is 20.7. The van der Waals surface area contributed by atoms with E-state index in [0.717, 1.165) is 17.5 Å². The van der Waals surface area contributed by atoms with Crippen molar-refractivity contribution < 1.29 is 13.2 Å². The number of benzene rings is 2. The fourth-order valence-electron chi connectivity index (χ4n) is 5.34. The Kier molecular flexibility index (Phi) is 5.16. The lowest BCUT2D eigenvalue weighted by Gasteiger charge is -2.37. The molecule has 2 fully saturated rings. The van der Waals surface area contributed by atoms with Crippen LogP contribution in [0.2, 0.25) is 0 Å².